The summed E-state index contributed by atoms with van der Waals surface area (Å²) < 4.78 is 6.27. The zero-order valence-electron chi connectivity index (χ0n) is 9.93. The van der Waals surface area contributed by atoms with E-state index >= 15 is 0 Å². The van der Waals surface area contributed by atoms with E-state index < -0.39 is 0 Å². The van der Waals surface area contributed by atoms with Crippen LogP contribution < -0.4 is 5.32 Å². The van der Waals surface area contributed by atoms with Crippen LogP contribution in [0.1, 0.15) is 18.7 Å². The van der Waals surface area contributed by atoms with Crippen molar-refractivity contribution in [2.24, 2.45) is 5.92 Å². The van der Waals surface area contributed by atoms with E-state index in [0.29, 0.717) is 23.6 Å². The lowest BCUT2D eigenvalue weighted by Crippen LogP contribution is -2.08. The fourth-order valence-electron chi connectivity index (χ4n) is 2.18. The van der Waals surface area contributed by atoms with Gasteiger partial charge in [0.15, 0.2) is 0 Å². The highest BCUT2D eigenvalue weighted by molar-refractivity contribution is 9.10. The van der Waals surface area contributed by atoms with E-state index in [1.807, 2.05) is 6.07 Å². The minimum atomic E-state index is 0.311. The molecule has 1 aliphatic rings. The summed E-state index contributed by atoms with van der Waals surface area (Å²) in [6.45, 7) is 4.09. The molecule has 3 rings (SSSR count). The molecule has 94 valence electrons. The zero-order valence-corrected chi connectivity index (χ0v) is 11.5. The van der Waals surface area contributed by atoms with Crippen molar-refractivity contribution in [3.05, 3.63) is 28.8 Å². The highest BCUT2D eigenvalue weighted by atomic mass is 79.9. The smallest absolute Gasteiger partial charge is 0.231 e. The van der Waals surface area contributed by atoms with E-state index in [2.05, 4.69) is 43.3 Å². The Labute approximate surface area is 113 Å². The molecule has 0 spiro atoms. The maximum atomic E-state index is 5.37. The van der Waals surface area contributed by atoms with Crippen molar-refractivity contribution in [2.75, 3.05) is 13.1 Å². The first-order chi connectivity index (χ1) is 8.74. The third kappa shape index (κ3) is 2.18. The molecule has 1 aliphatic heterocycles. The highest BCUT2D eigenvalue weighted by Gasteiger charge is 2.29. The van der Waals surface area contributed by atoms with Crippen molar-refractivity contribution >= 4 is 15.9 Å². The molecule has 0 radical (unpaired) electrons. The van der Waals surface area contributed by atoms with Gasteiger partial charge in [0.1, 0.15) is 0 Å². The van der Waals surface area contributed by atoms with Gasteiger partial charge in [0.05, 0.1) is 5.92 Å². The maximum Gasteiger partial charge on any atom is 0.231 e. The molecule has 2 atom stereocenters. The Morgan fingerprint density at radius 2 is 2.28 bits per heavy atom. The van der Waals surface area contributed by atoms with Gasteiger partial charge in [0, 0.05) is 29.0 Å². The first kappa shape index (κ1) is 11.8. The second-order valence-electron chi connectivity index (χ2n) is 4.59. The third-order valence-electron chi connectivity index (χ3n) is 3.24. The van der Waals surface area contributed by atoms with Gasteiger partial charge in [-0.3, -0.25) is 4.98 Å². The molecular weight excluding hydrogens is 296 g/mol. The Kier molecular flexibility index (Phi) is 3.13. The average Bonchev–Trinajstić information content (AvgIpc) is 2.97. The fourth-order valence-corrected chi connectivity index (χ4v) is 2.54. The Morgan fingerprint density at radius 3 is 3.00 bits per heavy atom. The summed E-state index contributed by atoms with van der Waals surface area (Å²) in [5.41, 5.74) is 0.859. The average molecular weight is 309 g/mol. The second kappa shape index (κ2) is 4.78. The second-order valence-corrected chi connectivity index (χ2v) is 5.51. The summed E-state index contributed by atoms with van der Waals surface area (Å²) in [5, 5.41) is 7.36. The number of nitrogens with zero attached hydrogens (tertiary/aromatic N) is 3. The summed E-state index contributed by atoms with van der Waals surface area (Å²) in [6, 6.07) is 1.93. The van der Waals surface area contributed by atoms with Crippen LogP contribution in [0.3, 0.4) is 0 Å². The Hall–Kier alpha value is -1.27. The van der Waals surface area contributed by atoms with Gasteiger partial charge in [-0.05, 0) is 34.5 Å². The van der Waals surface area contributed by atoms with Crippen LogP contribution in [-0.4, -0.2) is 28.2 Å². The molecule has 0 aliphatic carbocycles. The zero-order chi connectivity index (χ0) is 12.5. The van der Waals surface area contributed by atoms with E-state index in [4.69, 9.17) is 4.52 Å². The molecule has 18 heavy (non-hydrogen) atoms. The summed E-state index contributed by atoms with van der Waals surface area (Å²) in [6.07, 6.45) is 3.46. The Balaban J connectivity index is 1.89. The molecule has 1 saturated heterocycles. The molecule has 0 aromatic carbocycles. The quantitative estimate of drug-likeness (QED) is 0.921. The number of hydrogen-bond acceptors (Lipinski definition) is 5. The van der Waals surface area contributed by atoms with Gasteiger partial charge in [0.25, 0.3) is 0 Å². The molecule has 0 bridgehead atoms. The van der Waals surface area contributed by atoms with Crippen molar-refractivity contribution in [3.8, 4) is 11.4 Å². The molecule has 6 heteroatoms. The normalized spacial score (nSPS) is 23.4. The van der Waals surface area contributed by atoms with Crippen LogP contribution in [0.15, 0.2) is 27.5 Å². The number of halogens is 1. The van der Waals surface area contributed by atoms with E-state index in [9.17, 15) is 0 Å². The van der Waals surface area contributed by atoms with Crippen molar-refractivity contribution in [2.45, 2.75) is 12.8 Å². The molecular formula is C12H13BrN4O. The van der Waals surface area contributed by atoms with Crippen molar-refractivity contribution in [1.82, 2.24) is 20.4 Å². The molecule has 2 aromatic rings. The molecule has 1 fully saturated rings. The first-order valence-electron chi connectivity index (χ1n) is 5.89. The molecule has 3 heterocycles. The minimum absolute atomic E-state index is 0.311. The predicted molar refractivity (Wildman–Crippen MR) is 70.0 cm³/mol. The summed E-state index contributed by atoms with van der Waals surface area (Å²) >= 11 is 3.38. The summed E-state index contributed by atoms with van der Waals surface area (Å²) in [4.78, 5) is 8.58. The van der Waals surface area contributed by atoms with Gasteiger partial charge in [-0.25, -0.2) is 0 Å². The lowest BCUT2D eigenvalue weighted by Gasteiger charge is -2.07. The van der Waals surface area contributed by atoms with Gasteiger partial charge in [0.2, 0.25) is 11.7 Å². The number of pyridine rings is 1. The van der Waals surface area contributed by atoms with Crippen LogP contribution in [0.5, 0.6) is 0 Å². The van der Waals surface area contributed by atoms with Crippen LogP contribution in [0, 0.1) is 5.92 Å². The predicted octanol–water partition coefficient (Wildman–Crippen LogP) is 2.22. The van der Waals surface area contributed by atoms with E-state index in [1.54, 1.807) is 12.4 Å². The molecule has 0 saturated carbocycles. The van der Waals surface area contributed by atoms with Crippen LogP contribution in [0.4, 0.5) is 0 Å². The number of hydrogen-bond donors (Lipinski definition) is 1. The minimum Gasteiger partial charge on any atom is -0.339 e. The molecule has 2 aromatic heterocycles. The summed E-state index contributed by atoms with van der Waals surface area (Å²) in [5.74, 6) is 2.14. The van der Waals surface area contributed by atoms with Crippen molar-refractivity contribution in [1.29, 1.82) is 0 Å². The lowest BCUT2D eigenvalue weighted by molar-refractivity contribution is 0.340. The topological polar surface area (TPSA) is 63.8 Å². The van der Waals surface area contributed by atoms with Crippen LogP contribution >= 0.6 is 15.9 Å². The molecule has 2 unspecified atom stereocenters. The van der Waals surface area contributed by atoms with Crippen LogP contribution in [0.2, 0.25) is 0 Å². The van der Waals surface area contributed by atoms with Crippen LogP contribution in [-0.2, 0) is 0 Å². The van der Waals surface area contributed by atoms with E-state index in [1.165, 1.54) is 0 Å². The largest absolute Gasteiger partial charge is 0.339 e. The fraction of sp³-hybridized carbons (Fsp3) is 0.417. The lowest BCUT2D eigenvalue weighted by atomic mass is 9.98. The summed E-state index contributed by atoms with van der Waals surface area (Å²) in [7, 11) is 0. The number of rotatable bonds is 2. The van der Waals surface area contributed by atoms with Gasteiger partial charge in [-0.1, -0.05) is 12.1 Å². The van der Waals surface area contributed by atoms with E-state index in [-0.39, 0.29) is 0 Å². The van der Waals surface area contributed by atoms with Gasteiger partial charge in [-0.2, -0.15) is 4.98 Å². The third-order valence-corrected chi connectivity index (χ3v) is 3.67. The number of nitrogens with one attached hydrogen (secondary N) is 1. The van der Waals surface area contributed by atoms with Crippen molar-refractivity contribution in [3.63, 3.8) is 0 Å². The van der Waals surface area contributed by atoms with Gasteiger partial charge >= 0.3 is 0 Å². The monoisotopic (exact) mass is 308 g/mol. The number of aromatic nitrogens is 3. The van der Waals surface area contributed by atoms with Gasteiger partial charge in [-0.15, -0.1) is 0 Å². The maximum absolute atomic E-state index is 5.37. The molecule has 0 amide bonds. The first-order valence-corrected chi connectivity index (χ1v) is 6.68. The highest BCUT2D eigenvalue weighted by Crippen LogP contribution is 2.28. The standard InChI is InChI=1S/C12H13BrN4O/c1-7-3-14-6-10(7)12-16-11(17-18-12)8-2-9(13)5-15-4-8/h2,4-5,7,10,14H,3,6H2,1H3. The van der Waals surface area contributed by atoms with E-state index in [0.717, 1.165) is 23.1 Å². The van der Waals surface area contributed by atoms with Crippen LogP contribution in [0.25, 0.3) is 11.4 Å². The van der Waals surface area contributed by atoms with Crippen molar-refractivity contribution < 1.29 is 4.52 Å². The molecule has 5 nitrogen and oxygen atoms in total. The Morgan fingerprint density at radius 1 is 1.39 bits per heavy atom. The van der Waals surface area contributed by atoms with Gasteiger partial charge < -0.3 is 9.84 Å². The SMILES string of the molecule is CC1CNCC1c1nc(-c2cncc(Br)c2)no1. The molecule has 1 N–H and O–H groups in total. The Bertz CT molecular complexity index is 557.